The lowest BCUT2D eigenvalue weighted by Crippen LogP contribution is -2.36. The van der Waals surface area contributed by atoms with Gasteiger partial charge in [0.1, 0.15) is 5.75 Å². The summed E-state index contributed by atoms with van der Waals surface area (Å²) < 4.78 is 5.88. The number of ether oxygens (including phenoxy) is 1. The number of urea groups is 1. The maximum Gasteiger partial charge on any atom is 0.315 e. The summed E-state index contributed by atoms with van der Waals surface area (Å²) in [5, 5.41) is 13.6. The third-order valence-electron chi connectivity index (χ3n) is 3.61. The molecule has 0 aromatic heterocycles. The number of carbonyl (C=O) groups excluding carboxylic acids is 1. The van der Waals surface area contributed by atoms with Crippen LogP contribution in [-0.2, 0) is 11.3 Å². The molecule has 1 aromatic rings. The van der Waals surface area contributed by atoms with Gasteiger partial charge in [-0.25, -0.2) is 4.79 Å². The number of aliphatic carboxylic acids is 1. The van der Waals surface area contributed by atoms with E-state index in [2.05, 4.69) is 10.6 Å². The predicted molar refractivity (Wildman–Crippen MR) is 81.8 cm³/mol. The SMILES string of the molecule is O=C(O)CCNC(=O)NCc1ccc(OC2CCCC2)cc1. The van der Waals surface area contributed by atoms with Gasteiger partial charge < -0.3 is 20.5 Å². The van der Waals surface area contributed by atoms with Crippen LogP contribution >= 0.6 is 0 Å². The van der Waals surface area contributed by atoms with Crippen LogP contribution in [0.1, 0.15) is 37.7 Å². The van der Waals surface area contributed by atoms with E-state index in [0.29, 0.717) is 12.6 Å². The summed E-state index contributed by atoms with van der Waals surface area (Å²) in [6.07, 6.45) is 4.98. The summed E-state index contributed by atoms with van der Waals surface area (Å²) in [5.41, 5.74) is 0.965. The fraction of sp³-hybridized carbons (Fsp3) is 0.500. The molecule has 1 aliphatic rings. The van der Waals surface area contributed by atoms with E-state index in [9.17, 15) is 9.59 Å². The van der Waals surface area contributed by atoms with Gasteiger partial charge in [0.2, 0.25) is 0 Å². The van der Waals surface area contributed by atoms with Crippen molar-refractivity contribution in [3.8, 4) is 5.75 Å². The zero-order valence-corrected chi connectivity index (χ0v) is 12.5. The summed E-state index contributed by atoms with van der Waals surface area (Å²) in [5.74, 6) is -0.0697. The molecule has 0 heterocycles. The standard InChI is InChI=1S/C16H22N2O4/c19-15(20)9-10-17-16(21)18-11-12-5-7-14(8-6-12)22-13-3-1-2-4-13/h5-8,13H,1-4,9-11H2,(H,19,20)(H2,17,18,21). The van der Waals surface area contributed by atoms with Crippen LogP contribution in [0.5, 0.6) is 5.75 Å². The smallest absolute Gasteiger partial charge is 0.315 e. The Kier molecular flexibility index (Phi) is 6.06. The number of rotatable bonds is 7. The Bertz CT molecular complexity index is 495. The van der Waals surface area contributed by atoms with Gasteiger partial charge in [-0.15, -0.1) is 0 Å². The van der Waals surface area contributed by atoms with Crippen LogP contribution in [0, 0.1) is 0 Å². The van der Waals surface area contributed by atoms with Crippen molar-refractivity contribution in [3.63, 3.8) is 0 Å². The molecular weight excluding hydrogens is 284 g/mol. The number of amides is 2. The highest BCUT2D eigenvalue weighted by Gasteiger charge is 2.16. The van der Waals surface area contributed by atoms with Crippen molar-refractivity contribution in [2.24, 2.45) is 0 Å². The second kappa shape index (κ2) is 8.26. The van der Waals surface area contributed by atoms with E-state index in [1.165, 1.54) is 12.8 Å². The van der Waals surface area contributed by atoms with Crippen LogP contribution in [0.2, 0.25) is 0 Å². The zero-order valence-electron chi connectivity index (χ0n) is 12.5. The van der Waals surface area contributed by atoms with E-state index in [1.54, 1.807) is 0 Å². The van der Waals surface area contributed by atoms with Crippen LogP contribution in [0.4, 0.5) is 4.79 Å². The minimum absolute atomic E-state index is 0.0827. The van der Waals surface area contributed by atoms with Gasteiger partial charge >= 0.3 is 12.0 Å². The van der Waals surface area contributed by atoms with E-state index in [0.717, 1.165) is 24.2 Å². The Hall–Kier alpha value is -2.24. The second-order valence-electron chi connectivity index (χ2n) is 5.42. The fourth-order valence-corrected chi connectivity index (χ4v) is 2.41. The molecule has 0 spiro atoms. The third-order valence-corrected chi connectivity index (χ3v) is 3.61. The molecule has 0 atom stereocenters. The molecule has 0 unspecified atom stereocenters. The maximum atomic E-state index is 11.5. The molecule has 1 aliphatic carbocycles. The molecule has 1 aromatic carbocycles. The largest absolute Gasteiger partial charge is 0.490 e. The molecule has 22 heavy (non-hydrogen) atoms. The number of carboxylic acids is 1. The number of hydrogen-bond acceptors (Lipinski definition) is 3. The molecule has 3 N–H and O–H groups in total. The first kappa shape index (κ1) is 16.1. The molecule has 2 amide bonds. The van der Waals surface area contributed by atoms with Gasteiger partial charge in [0.05, 0.1) is 12.5 Å². The Balaban J connectivity index is 1.69. The number of carbonyl (C=O) groups is 2. The quantitative estimate of drug-likeness (QED) is 0.721. The molecule has 0 bridgehead atoms. The van der Waals surface area contributed by atoms with Gasteiger partial charge in [-0.2, -0.15) is 0 Å². The minimum Gasteiger partial charge on any atom is -0.490 e. The summed E-state index contributed by atoms with van der Waals surface area (Å²) in [7, 11) is 0. The van der Waals surface area contributed by atoms with Gasteiger partial charge in [-0.3, -0.25) is 4.79 Å². The van der Waals surface area contributed by atoms with Crippen molar-refractivity contribution in [1.29, 1.82) is 0 Å². The number of benzene rings is 1. The zero-order chi connectivity index (χ0) is 15.8. The molecule has 1 saturated carbocycles. The minimum atomic E-state index is -0.932. The molecule has 1 fully saturated rings. The van der Waals surface area contributed by atoms with Crippen molar-refractivity contribution >= 4 is 12.0 Å². The third kappa shape index (κ3) is 5.63. The van der Waals surface area contributed by atoms with Gasteiger partial charge in [0.15, 0.2) is 0 Å². The summed E-state index contributed by atoms with van der Waals surface area (Å²) in [4.78, 5) is 21.8. The fourth-order valence-electron chi connectivity index (χ4n) is 2.41. The average Bonchev–Trinajstić information content (AvgIpc) is 2.99. The van der Waals surface area contributed by atoms with Crippen LogP contribution in [0.3, 0.4) is 0 Å². The monoisotopic (exact) mass is 306 g/mol. The topological polar surface area (TPSA) is 87.7 Å². The molecule has 120 valence electrons. The Morgan fingerprint density at radius 2 is 1.82 bits per heavy atom. The predicted octanol–water partition coefficient (Wildman–Crippen LogP) is 2.28. The summed E-state index contributed by atoms with van der Waals surface area (Å²) >= 11 is 0. The van der Waals surface area contributed by atoms with Crippen molar-refractivity contribution in [2.45, 2.75) is 44.8 Å². The number of carboxylic acid groups (broad SMARTS) is 1. The van der Waals surface area contributed by atoms with Crippen LogP contribution < -0.4 is 15.4 Å². The van der Waals surface area contributed by atoms with Gasteiger partial charge in [-0.05, 0) is 43.4 Å². The lowest BCUT2D eigenvalue weighted by molar-refractivity contribution is -0.136. The number of hydrogen-bond donors (Lipinski definition) is 3. The van der Waals surface area contributed by atoms with Crippen LogP contribution in [0.15, 0.2) is 24.3 Å². The molecule has 0 saturated heterocycles. The second-order valence-corrected chi connectivity index (χ2v) is 5.42. The first-order valence-electron chi connectivity index (χ1n) is 7.62. The average molecular weight is 306 g/mol. The van der Waals surface area contributed by atoms with Crippen molar-refractivity contribution in [3.05, 3.63) is 29.8 Å². The highest BCUT2D eigenvalue weighted by Crippen LogP contribution is 2.24. The molecule has 6 nitrogen and oxygen atoms in total. The first-order valence-corrected chi connectivity index (χ1v) is 7.62. The molecule has 6 heteroatoms. The van der Waals surface area contributed by atoms with Gasteiger partial charge in [-0.1, -0.05) is 12.1 Å². The van der Waals surface area contributed by atoms with Crippen LogP contribution in [-0.4, -0.2) is 29.8 Å². The molecule has 0 aliphatic heterocycles. The van der Waals surface area contributed by atoms with E-state index in [1.807, 2.05) is 24.3 Å². The lowest BCUT2D eigenvalue weighted by atomic mass is 10.2. The van der Waals surface area contributed by atoms with E-state index in [-0.39, 0.29) is 19.0 Å². The Labute approximate surface area is 129 Å². The van der Waals surface area contributed by atoms with Gasteiger partial charge in [0, 0.05) is 13.1 Å². The van der Waals surface area contributed by atoms with Crippen molar-refractivity contribution in [1.82, 2.24) is 10.6 Å². The maximum absolute atomic E-state index is 11.5. The Morgan fingerprint density at radius 3 is 2.45 bits per heavy atom. The van der Waals surface area contributed by atoms with E-state index >= 15 is 0 Å². The summed E-state index contributed by atoms with van der Waals surface area (Å²) in [6, 6.07) is 7.30. The summed E-state index contributed by atoms with van der Waals surface area (Å²) in [6.45, 7) is 0.512. The lowest BCUT2D eigenvalue weighted by Gasteiger charge is -2.13. The molecular formula is C16H22N2O4. The highest BCUT2D eigenvalue weighted by atomic mass is 16.5. The van der Waals surface area contributed by atoms with Crippen LogP contribution in [0.25, 0.3) is 0 Å². The van der Waals surface area contributed by atoms with Gasteiger partial charge in [0.25, 0.3) is 0 Å². The van der Waals surface area contributed by atoms with Crippen molar-refractivity contribution in [2.75, 3.05) is 6.54 Å². The van der Waals surface area contributed by atoms with E-state index < -0.39 is 5.97 Å². The number of nitrogens with one attached hydrogen (secondary N) is 2. The first-order chi connectivity index (χ1) is 10.6. The molecule has 0 radical (unpaired) electrons. The van der Waals surface area contributed by atoms with Crippen molar-refractivity contribution < 1.29 is 19.4 Å². The normalized spacial score (nSPS) is 14.5. The van der Waals surface area contributed by atoms with E-state index in [4.69, 9.17) is 9.84 Å². The highest BCUT2D eigenvalue weighted by molar-refractivity contribution is 5.74. The Morgan fingerprint density at radius 1 is 1.14 bits per heavy atom. The molecule has 2 rings (SSSR count).